The molecule has 0 spiro atoms. The van der Waals surface area contributed by atoms with Crippen molar-refractivity contribution in [2.45, 2.75) is 6.04 Å². The van der Waals surface area contributed by atoms with E-state index in [-0.39, 0.29) is 11.8 Å². The predicted octanol–water partition coefficient (Wildman–Crippen LogP) is 3.19. The SMILES string of the molecule is O=C(c1nccn1-c1cccs1)[C@H](c1ccccc1)N1CCOCC1. The molecule has 0 unspecified atom stereocenters. The van der Waals surface area contributed by atoms with Gasteiger partial charge in [0.1, 0.15) is 11.0 Å². The summed E-state index contributed by atoms with van der Waals surface area (Å²) in [5.74, 6) is 0.495. The number of thiophene rings is 1. The summed E-state index contributed by atoms with van der Waals surface area (Å²) in [6, 6.07) is 13.6. The molecule has 0 N–H and O–H groups in total. The minimum Gasteiger partial charge on any atom is -0.379 e. The van der Waals surface area contributed by atoms with E-state index >= 15 is 0 Å². The molecule has 3 heterocycles. The Labute approximate surface area is 150 Å². The first-order valence-electron chi connectivity index (χ1n) is 8.33. The quantitative estimate of drug-likeness (QED) is 0.661. The van der Waals surface area contributed by atoms with Gasteiger partial charge in [0.15, 0.2) is 5.82 Å². The maximum Gasteiger partial charge on any atom is 0.220 e. The third kappa shape index (κ3) is 3.28. The fourth-order valence-electron chi connectivity index (χ4n) is 3.19. The zero-order valence-corrected chi connectivity index (χ0v) is 14.6. The molecule has 5 nitrogen and oxygen atoms in total. The smallest absolute Gasteiger partial charge is 0.220 e. The van der Waals surface area contributed by atoms with Crippen LogP contribution in [0.1, 0.15) is 22.2 Å². The van der Waals surface area contributed by atoms with Crippen LogP contribution in [0.15, 0.2) is 60.2 Å². The highest BCUT2D eigenvalue weighted by Gasteiger charge is 2.32. The number of rotatable bonds is 5. The third-order valence-corrected chi connectivity index (χ3v) is 5.25. The van der Waals surface area contributed by atoms with Crippen molar-refractivity contribution in [2.24, 2.45) is 0 Å². The first kappa shape index (κ1) is 16.2. The van der Waals surface area contributed by atoms with Gasteiger partial charge in [-0.25, -0.2) is 4.98 Å². The van der Waals surface area contributed by atoms with E-state index in [1.807, 2.05) is 58.6 Å². The van der Waals surface area contributed by atoms with E-state index in [2.05, 4.69) is 9.88 Å². The Morgan fingerprint density at radius 3 is 2.64 bits per heavy atom. The predicted molar refractivity (Wildman–Crippen MR) is 97.3 cm³/mol. The molecule has 4 rings (SSSR count). The molecule has 0 amide bonds. The van der Waals surface area contributed by atoms with Gasteiger partial charge in [0.05, 0.1) is 13.2 Å². The molecule has 0 saturated carbocycles. The van der Waals surface area contributed by atoms with Crippen LogP contribution in [0.2, 0.25) is 0 Å². The van der Waals surface area contributed by atoms with Crippen molar-refractivity contribution in [3.05, 3.63) is 71.6 Å². The number of nitrogens with zero attached hydrogens (tertiary/aromatic N) is 3. The lowest BCUT2D eigenvalue weighted by Gasteiger charge is -2.33. The number of aromatic nitrogens is 2. The van der Waals surface area contributed by atoms with Gasteiger partial charge in [0, 0.05) is 25.5 Å². The lowest BCUT2D eigenvalue weighted by Crippen LogP contribution is -2.42. The molecule has 1 aliphatic rings. The molecule has 0 radical (unpaired) electrons. The molecule has 0 aliphatic carbocycles. The number of imidazole rings is 1. The van der Waals surface area contributed by atoms with Gasteiger partial charge in [0.2, 0.25) is 5.78 Å². The summed E-state index contributed by atoms with van der Waals surface area (Å²) < 4.78 is 7.35. The molecule has 6 heteroatoms. The molecule has 1 fully saturated rings. The molecule has 1 atom stereocenters. The van der Waals surface area contributed by atoms with E-state index < -0.39 is 0 Å². The molecule has 25 heavy (non-hydrogen) atoms. The first-order chi connectivity index (χ1) is 12.3. The topological polar surface area (TPSA) is 47.4 Å². The highest BCUT2D eigenvalue weighted by atomic mass is 32.1. The van der Waals surface area contributed by atoms with E-state index in [0.29, 0.717) is 19.0 Å². The number of carbonyl (C=O) groups excluding carboxylic acids is 1. The largest absolute Gasteiger partial charge is 0.379 e. The van der Waals surface area contributed by atoms with Gasteiger partial charge >= 0.3 is 0 Å². The van der Waals surface area contributed by atoms with Crippen LogP contribution in [0.3, 0.4) is 0 Å². The highest BCUT2D eigenvalue weighted by Crippen LogP contribution is 2.27. The Hall–Kier alpha value is -2.28. The minimum absolute atomic E-state index is 0.0199. The molecule has 128 valence electrons. The molecular formula is C19H19N3O2S. The summed E-state index contributed by atoms with van der Waals surface area (Å²) in [5.41, 5.74) is 0.995. The molecule has 1 saturated heterocycles. The fourth-order valence-corrected chi connectivity index (χ4v) is 3.91. The van der Waals surface area contributed by atoms with Gasteiger partial charge in [0.25, 0.3) is 0 Å². The lowest BCUT2D eigenvalue weighted by atomic mass is 10.00. The Bertz CT molecular complexity index is 823. The van der Waals surface area contributed by atoms with Crippen LogP contribution < -0.4 is 0 Å². The van der Waals surface area contributed by atoms with Crippen LogP contribution in [0.5, 0.6) is 0 Å². The van der Waals surface area contributed by atoms with Gasteiger partial charge in [-0.05, 0) is 23.1 Å². The number of carbonyl (C=O) groups is 1. The Morgan fingerprint density at radius 1 is 1.12 bits per heavy atom. The van der Waals surface area contributed by atoms with Crippen LogP contribution in [-0.4, -0.2) is 46.5 Å². The molecule has 3 aromatic rings. The first-order valence-corrected chi connectivity index (χ1v) is 9.21. The van der Waals surface area contributed by atoms with E-state index in [9.17, 15) is 4.79 Å². The van der Waals surface area contributed by atoms with Crippen molar-refractivity contribution in [1.29, 1.82) is 0 Å². The lowest BCUT2D eigenvalue weighted by molar-refractivity contribution is 0.0168. The van der Waals surface area contributed by atoms with Crippen LogP contribution >= 0.6 is 11.3 Å². The molecular weight excluding hydrogens is 334 g/mol. The second kappa shape index (κ2) is 7.31. The number of ketones is 1. The van der Waals surface area contributed by atoms with Crippen LogP contribution in [0, 0.1) is 0 Å². The minimum atomic E-state index is -0.341. The van der Waals surface area contributed by atoms with Crippen molar-refractivity contribution in [1.82, 2.24) is 14.5 Å². The molecule has 1 aromatic carbocycles. The molecule has 1 aliphatic heterocycles. The average molecular weight is 353 g/mol. The second-order valence-corrected chi connectivity index (χ2v) is 6.82. The summed E-state index contributed by atoms with van der Waals surface area (Å²) in [6.45, 7) is 2.78. The average Bonchev–Trinajstić information content (AvgIpc) is 3.35. The van der Waals surface area contributed by atoms with Crippen molar-refractivity contribution in [3.8, 4) is 5.00 Å². The van der Waals surface area contributed by atoms with Gasteiger partial charge in [-0.3, -0.25) is 14.3 Å². The second-order valence-electron chi connectivity index (χ2n) is 5.90. The number of hydrogen-bond donors (Lipinski definition) is 0. The van der Waals surface area contributed by atoms with E-state index in [4.69, 9.17) is 4.74 Å². The van der Waals surface area contributed by atoms with E-state index in [1.165, 1.54) is 0 Å². The van der Waals surface area contributed by atoms with Gasteiger partial charge in [-0.1, -0.05) is 30.3 Å². The van der Waals surface area contributed by atoms with Crippen LogP contribution in [0.25, 0.3) is 5.00 Å². The van der Waals surface area contributed by atoms with E-state index in [0.717, 1.165) is 23.7 Å². The summed E-state index contributed by atoms with van der Waals surface area (Å²) in [7, 11) is 0. The van der Waals surface area contributed by atoms with Gasteiger partial charge in [-0.2, -0.15) is 0 Å². The monoisotopic (exact) mass is 353 g/mol. The maximum atomic E-state index is 13.5. The maximum absolute atomic E-state index is 13.5. The number of morpholine rings is 1. The Morgan fingerprint density at radius 2 is 1.92 bits per heavy atom. The van der Waals surface area contributed by atoms with Crippen molar-refractivity contribution >= 4 is 17.1 Å². The summed E-state index contributed by atoms with van der Waals surface area (Å²) in [4.78, 5) is 20.0. The number of ether oxygens (including phenoxy) is 1. The summed E-state index contributed by atoms with van der Waals surface area (Å²) in [6.07, 6.45) is 3.54. The molecule has 0 bridgehead atoms. The Balaban J connectivity index is 1.72. The zero-order chi connectivity index (χ0) is 17.1. The Kier molecular flexibility index (Phi) is 4.74. The van der Waals surface area contributed by atoms with Crippen LogP contribution in [-0.2, 0) is 4.74 Å². The van der Waals surface area contributed by atoms with Gasteiger partial charge in [-0.15, -0.1) is 11.3 Å². The number of benzene rings is 1. The zero-order valence-electron chi connectivity index (χ0n) is 13.7. The van der Waals surface area contributed by atoms with E-state index in [1.54, 1.807) is 17.5 Å². The van der Waals surface area contributed by atoms with Crippen molar-refractivity contribution in [3.63, 3.8) is 0 Å². The number of Topliss-reactive ketones (excluding diaryl/α,β-unsaturated/α-hetero) is 1. The van der Waals surface area contributed by atoms with Crippen LogP contribution in [0.4, 0.5) is 0 Å². The summed E-state index contributed by atoms with van der Waals surface area (Å²) in [5, 5.41) is 3.00. The highest BCUT2D eigenvalue weighted by molar-refractivity contribution is 7.12. The van der Waals surface area contributed by atoms with Gasteiger partial charge < -0.3 is 4.74 Å². The third-order valence-electron chi connectivity index (χ3n) is 4.38. The standard InChI is InChI=1S/C19H19N3O2S/c23-18(19-20-8-9-22(19)16-7-4-14-25-16)17(15-5-2-1-3-6-15)21-10-12-24-13-11-21/h1-9,14,17H,10-13H2/t17-/m0/s1. The summed E-state index contributed by atoms with van der Waals surface area (Å²) >= 11 is 1.59. The normalized spacial score (nSPS) is 16.6. The van der Waals surface area contributed by atoms with Crippen molar-refractivity contribution < 1.29 is 9.53 Å². The number of hydrogen-bond acceptors (Lipinski definition) is 5. The fraction of sp³-hybridized carbons (Fsp3) is 0.263. The van der Waals surface area contributed by atoms with Crippen molar-refractivity contribution in [2.75, 3.05) is 26.3 Å². The molecule has 2 aromatic heterocycles.